The van der Waals surface area contributed by atoms with Gasteiger partial charge in [-0.15, -0.1) is 0 Å². The molecule has 2 rings (SSSR count). The van der Waals surface area contributed by atoms with E-state index >= 15 is 0 Å². The monoisotopic (exact) mass is 339 g/mol. The lowest BCUT2D eigenvalue weighted by atomic mass is 10.1. The summed E-state index contributed by atoms with van der Waals surface area (Å²) in [5, 5.41) is 18.1. The highest BCUT2D eigenvalue weighted by Crippen LogP contribution is 2.30. The van der Waals surface area contributed by atoms with Crippen LogP contribution < -0.4 is 5.32 Å². The molecular weight excluding hydrogens is 318 g/mol. The third-order valence-electron chi connectivity index (χ3n) is 3.49. The molecule has 0 saturated carbocycles. The van der Waals surface area contributed by atoms with Gasteiger partial charge in [-0.25, -0.2) is 4.79 Å². The average molecular weight is 339 g/mol. The Morgan fingerprint density at radius 1 is 1.50 bits per heavy atom. The lowest BCUT2D eigenvalue weighted by Crippen LogP contribution is -2.43. The number of carbonyl (C=O) groups excluding carboxylic acids is 2. The number of aryl methyl sites for hydroxylation is 1. The predicted molar refractivity (Wildman–Crippen MR) is 83.4 cm³/mol. The van der Waals surface area contributed by atoms with Gasteiger partial charge in [0.2, 0.25) is 0 Å². The van der Waals surface area contributed by atoms with E-state index in [1.807, 2.05) is 0 Å². The largest absolute Gasteiger partial charge is 0.444 e. The van der Waals surface area contributed by atoms with E-state index in [-0.39, 0.29) is 36.8 Å². The van der Waals surface area contributed by atoms with E-state index < -0.39 is 22.7 Å². The van der Waals surface area contributed by atoms with Crippen LogP contribution in [0.5, 0.6) is 0 Å². The van der Waals surface area contributed by atoms with Gasteiger partial charge in [0.15, 0.2) is 5.78 Å². The molecule has 10 heteroatoms. The molecule has 0 aromatic carbocycles. The van der Waals surface area contributed by atoms with Crippen LogP contribution in [0, 0.1) is 10.1 Å². The van der Waals surface area contributed by atoms with Crippen LogP contribution in [0.25, 0.3) is 0 Å². The van der Waals surface area contributed by atoms with Gasteiger partial charge in [-0.2, -0.15) is 5.10 Å². The number of aromatic nitrogens is 2. The van der Waals surface area contributed by atoms with Crippen molar-refractivity contribution in [2.75, 3.05) is 19.6 Å². The lowest BCUT2D eigenvalue weighted by molar-refractivity contribution is -0.386. The number of nitrogens with zero attached hydrogens (tertiary/aromatic N) is 4. The maximum Gasteiger partial charge on any atom is 0.411 e. The SMILES string of the molecule is Cn1ncc([N+](=O)[O-])c1C1CNCC(=O)CN1C(=O)OC(C)(C)C. The van der Waals surface area contributed by atoms with Gasteiger partial charge in [0.05, 0.1) is 24.1 Å². The first-order valence-electron chi connectivity index (χ1n) is 7.48. The summed E-state index contributed by atoms with van der Waals surface area (Å²) in [6, 6.07) is -0.737. The molecule has 2 heterocycles. The van der Waals surface area contributed by atoms with E-state index in [0.29, 0.717) is 0 Å². The van der Waals surface area contributed by atoms with E-state index in [0.717, 1.165) is 6.20 Å². The van der Waals surface area contributed by atoms with Crippen molar-refractivity contribution < 1.29 is 19.2 Å². The topological polar surface area (TPSA) is 120 Å². The van der Waals surface area contributed by atoms with E-state index in [1.165, 1.54) is 9.58 Å². The number of carbonyl (C=O) groups is 2. The maximum absolute atomic E-state index is 12.5. The second kappa shape index (κ2) is 6.56. The van der Waals surface area contributed by atoms with Crippen LogP contribution in [0.2, 0.25) is 0 Å². The number of ether oxygens (including phenoxy) is 1. The van der Waals surface area contributed by atoms with E-state index in [4.69, 9.17) is 4.74 Å². The number of hydrogen-bond acceptors (Lipinski definition) is 7. The summed E-state index contributed by atoms with van der Waals surface area (Å²) in [5.41, 5.74) is -0.705. The number of Topliss-reactive ketones (excluding diaryl/α,β-unsaturated/α-hetero) is 1. The second-order valence-electron chi connectivity index (χ2n) is 6.59. The Balaban J connectivity index is 2.44. The summed E-state index contributed by atoms with van der Waals surface area (Å²) in [4.78, 5) is 36.4. The van der Waals surface area contributed by atoms with Gasteiger partial charge in [-0.1, -0.05) is 0 Å². The van der Waals surface area contributed by atoms with Gasteiger partial charge < -0.3 is 10.1 Å². The molecule has 0 radical (unpaired) electrons. The quantitative estimate of drug-likeness (QED) is 0.624. The van der Waals surface area contributed by atoms with Crippen LogP contribution in [-0.4, -0.2) is 56.7 Å². The molecule has 0 aliphatic carbocycles. The summed E-state index contributed by atoms with van der Waals surface area (Å²) in [6.07, 6.45) is 0.440. The minimum atomic E-state index is -0.747. The zero-order chi connectivity index (χ0) is 18.1. The van der Waals surface area contributed by atoms with Crippen LogP contribution in [0.3, 0.4) is 0 Å². The first-order valence-corrected chi connectivity index (χ1v) is 7.48. The summed E-state index contributed by atoms with van der Waals surface area (Å²) < 4.78 is 6.70. The van der Waals surface area contributed by atoms with Crippen LogP contribution in [0.4, 0.5) is 10.5 Å². The molecule has 1 N–H and O–H groups in total. The molecule has 24 heavy (non-hydrogen) atoms. The molecule has 1 aromatic rings. The fraction of sp³-hybridized carbons (Fsp3) is 0.643. The smallest absolute Gasteiger partial charge is 0.411 e. The van der Waals surface area contributed by atoms with Crippen molar-refractivity contribution >= 4 is 17.6 Å². The van der Waals surface area contributed by atoms with E-state index in [1.54, 1.807) is 27.8 Å². The summed E-state index contributed by atoms with van der Waals surface area (Å²) in [5.74, 6) is -0.201. The first kappa shape index (κ1) is 17.9. The minimum absolute atomic E-state index is 0.0848. The number of rotatable bonds is 2. The Morgan fingerprint density at radius 3 is 2.75 bits per heavy atom. The molecule has 132 valence electrons. The molecule has 1 unspecified atom stereocenters. The van der Waals surface area contributed by atoms with Crippen molar-refractivity contribution in [3.05, 3.63) is 22.0 Å². The van der Waals surface area contributed by atoms with Gasteiger partial charge in [-0.05, 0) is 20.8 Å². The van der Waals surface area contributed by atoms with Crippen molar-refractivity contribution in [3.63, 3.8) is 0 Å². The van der Waals surface area contributed by atoms with Crippen LogP contribution in [0.15, 0.2) is 6.20 Å². The number of amides is 1. The fourth-order valence-electron chi connectivity index (χ4n) is 2.53. The van der Waals surface area contributed by atoms with Crippen LogP contribution >= 0.6 is 0 Å². The molecule has 0 bridgehead atoms. The maximum atomic E-state index is 12.5. The molecule has 10 nitrogen and oxygen atoms in total. The zero-order valence-electron chi connectivity index (χ0n) is 14.1. The summed E-state index contributed by atoms with van der Waals surface area (Å²) >= 11 is 0. The predicted octanol–water partition coefficient (Wildman–Crippen LogP) is 0.779. The average Bonchev–Trinajstić information content (AvgIpc) is 2.70. The number of hydrogen-bond donors (Lipinski definition) is 1. The third-order valence-corrected chi connectivity index (χ3v) is 3.49. The normalized spacial score (nSPS) is 19.1. The molecule has 0 spiro atoms. The second-order valence-corrected chi connectivity index (χ2v) is 6.59. The standard InChI is InChI=1S/C14H21N5O5/c1-14(2,3)24-13(21)18-8-9(20)5-15-6-10(18)12-11(19(22)23)7-16-17(12)4/h7,10,15H,5-6,8H2,1-4H3. The number of nitro groups is 1. The molecule has 1 aromatic heterocycles. The van der Waals surface area contributed by atoms with Crippen molar-refractivity contribution in [3.8, 4) is 0 Å². The first-order chi connectivity index (χ1) is 11.1. The van der Waals surface area contributed by atoms with Crippen LogP contribution in [-0.2, 0) is 16.6 Å². The van der Waals surface area contributed by atoms with Crippen molar-refractivity contribution in [1.82, 2.24) is 20.0 Å². The summed E-state index contributed by atoms with van der Waals surface area (Å²) in [6.45, 7) is 5.22. The van der Waals surface area contributed by atoms with E-state index in [9.17, 15) is 19.7 Å². The van der Waals surface area contributed by atoms with Gasteiger partial charge in [0, 0.05) is 13.6 Å². The number of nitrogens with one attached hydrogen (secondary N) is 1. The van der Waals surface area contributed by atoms with Gasteiger partial charge >= 0.3 is 11.8 Å². The molecular formula is C14H21N5O5. The van der Waals surface area contributed by atoms with Crippen molar-refractivity contribution in [1.29, 1.82) is 0 Å². The third kappa shape index (κ3) is 3.88. The van der Waals surface area contributed by atoms with Gasteiger partial charge in [0.1, 0.15) is 17.5 Å². The molecule has 1 fully saturated rings. The van der Waals surface area contributed by atoms with Gasteiger partial charge in [0.25, 0.3) is 0 Å². The molecule has 1 aliphatic rings. The van der Waals surface area contributed by atoms with Crippen LogP contribution in [0.1, 0.15) is 32.5 Å². The molecule has 1 saturated heterocycles. The Labute approximate surface area is 138 Å². The number of ketones is 1. The fourth-order valence-corrected chi connectivity index (χ4v) is 2.53. The van der Waals surface area contributed by atoms with Crippen molar-refractivity contribution in [2.45, 2.75) is 32.4 Å². The van der Waals surface area contributed by atoms with Crippen molar-refractivity contribution in [2.24, 2.45) is 7.05 Å². The Morgan fingerprint density at radius 2 is 2.17 bits per heavy atom. The molecule has 1 aliphatic heterocycles. The lowest BCUT2D eigenvalue weighted by Gasteiger charge is -2.31. The minimum Gasteiger partial charge on any atom is -0.444 e. The van der Waals surface area contributed by atoms with E-state index in [2.05, 4.69) is 10.4 Å². The highest BCUT2D eigenvalue weighted by atomic mass is 16.6. The Hall–Kier alpha value is -2.49. The highest BCUT2D eigenvalue weighted by Gasteiger charge is 2.38. The molecule has 1 amide bonds. The Kier molecular flexibility index (Phi) is 4.88. The van der Waals surface area contributed by atoms with Gasteiger partial charge in [-0.3, -0.25) is 24.5 Å². The zero-order valence-corrected chi connectivity index (χ0v) is 14.1. The molecule has 1 atom stereocenters. The summed E-state index contributed by atoms with van der Waals surface area (Å²) in [7, 11) is 1.56. The highest BCUT2D eigenvalue weighted by molar-refractivity contribution is 5.86. The Bertz CT molecular complexity index is 663.